The van der Waals surface area contributed by atoms with Crippen molar-refractivity contribution in [1.29, 1.82) is 0 Å². The van der Waals surface area contributed by atoms with Crippen molar-refractivity contribution in [1.82, 2.24) is 0 Å². The van der Waals surface area contributed by atoms with Crippen molar-refractivity contribution in [2.24, 2.45) is 0 Å². The van der Waals surface area contributed by atoms with E-state index in [0.29, 0.717) is 23.1 Å². The normalized spacial score (nSPS) is 9.93. The average Bonchev–Trinajstić information content (AvgIpc) is 2.19. The lowest BCUT2D eigenvalue weighted by atomic mass is 10.1. The van der Waals surface area contributed by atoms with Gasteiger partial charge in [0.05, 0.1) is 11.6 Å². The second kappa shape index (κ2) is 5.10. The molecule has 1 aromatic carbocycles. The molecule has 0 saturated carbocycles. The van der Waals surface area contributed by atoms with E-state index < -0.39 is 0 Å². The molecule has 0 bridgehead atoms. The Morgan fingerprint density at radius 3 is 2.86 bits per heavy atom. The molecule has 0 spiro atoms. The quantitative estimate of drug-likeness (QED) is 0.779. The highest BCUT2D eigenvalue weighted by Crippen LogP contribution is 2.26. The minimum atomic E-state index is -0.364. The van der Waals surface area contributed by atoms with Gasteiger partial charge < -0.3 is 9.53 Å². The van der Waals surface area contributed by atoms with Crippen molar-refractivity contribution in [3.05, 3.63) is 28.0 Å². The molecule has 76 valence electrons. The fourth-order valence-electron chi connectivity index (χ4n) is 1.17. The SMILES string of the molecule is COc1cc(F)c(Br)cc1CCC=O. The Labute approximate surface area is 90.2 Å². The maximum absolute atomic E-state index is 13.1. The third-order valence-electron chi connectivity index (χ3n) is 1.85. The van der Waals surface area contributed by atoms with Crippen molar-refractivity contribution in [2.75, 3.05) is 7.11 Å². The summed E-state index contributed by atoms with van der Waals surface area (Å²) in [6, 6.07) is 2.95. The highest BCUT2D eigenvalue weighted by atomic mass is 79.9. The second-order valence-corrected chi connectivity index (χ2v) is 3.64. The Bertz CT molecular complexity index is 339. The van der Waals surface area contributed by atoms with Crippen LogP contribution in [0.5, 0.6) is 5.75 Å². The van der Waals surface area contributed by atoms with Crippen LogP contribution in [0.2, 0.25) is 0 Å². The molecule has 0 fully saturated rings. The van der Waals surface area contributed by atoms with Gasteiger partial charge in [-0.05, 0) is 34.0 Å². The number of halogens is 2. The van der Waals surface area contributed by atoms with Gasteiger partial charge in [0.15, 0.2) is 0 Å². The molecule has 0 saturated heterocycles. The van der Waals surface area contributed by atoms with Crippen LogP contribution in [0.4, 0.5) is 4.39 Å². The van der Waals surface area contributed by atoms with Gasteiger partial charge in [-0.3, -0.25) is 0 Å². The first-order valence-electron chi connectivity index (χ1n) is 4.14. The van der Waals surface area contributed by atoms with Gasteiger partial charge in [-0.25, -0.2) is 4.39 Å². The van der Waals surface area contributed by atoms with Gasteiger partial charge in [0.2, 0.25) is 0 Å². The molecule has 1 rings (SSSR count). The van der Waals surface area contributed by atoms with Gasteiger partial charge in [-0.15, -0.1) is 0 Å². The molecule has 4 heteroatoms. The van der Waals surface area contributed by atoms with Crippen molar-refractivity contribution < 1.29 is 13.9 Å². The molecule has 0 aromatic heterocycles. The number of aryl methyl sites for hydroxylation is 1. The predicted molar refractivity (Wildman–Crippen MR) is 55.0 cm³/mol. The Balaban J connectivity index is 3.00. The summed E-state index contributed by atoms with van der Waals surface area (Å²) in [6.45, 7) is 0. The van der Waals surface area contributed by atoms with Crippen LogP contribution in [0, 0.1) is 5.82 Å². The molecule has 0 aliphatic carbocycles. The van der Waals surface area contributed by atoms with Gasteiger partial charge in [-0.2, -0.15) is 0 Å². The number of aldehydes is 1. The third kappa shape index (κ3) is 2.54. The standard InChI is InChI=1S/C10H10BrFO2/c1-14-10-6-9(12)8(11)5-7(10)3-2-4-13/h4-6H,2-3H2,1H3. The van der Waals surface area contributed by atoms with Crippen LogP contribution in [0.25, 0.3) is 0 Å². The highest BCUT2D eigenvalue weighted by molar-refractivity contribution is 9.10. The lowest BCUT2D eigenvalue weighted by Gasteiger charge is -2.08. The van der Waals surface area contributed by atoms with Crippen LogP contribution in [-0.4, -0.2) is 13.4 Å². The number of ether oxygens (including phenoxy) is 1. The zero-order valence-corrected chi connectivity index (χ0v) is 9.30. The number of hydrogen-bond donors (Lipinski definition) is 0. The third-order valence-corrected chi connectivity index (χ3v) is 2.46. The van der Waals surface area contributed by atoms with Crippen LogP contribution in [0.15, 0.2) is 16.6 Å². The van der Waals surface area contributed by atoms with E-state index in [2.05, 4.69) is 15.9 Å². The molecule has 0 heterocycles. The van der Waals surface area contributed by atoms with Crippen LogP contribution < -0.4 is 4.74 Å². The number of hydrogen-bond acceptors (Lipinski definition) is 2. The number of rotatable bonds is 4. The molecule has 0 N–H and O–H groups in total. The van der Waals surface area contributed by atoms with Crippen molar-refractivity contribution >= 4 is 22.2 Å². The van der Waals surface area contributed by atoms with Crippen molar-refractivity contribution in [3.8, 4) is 5.75 Å². The smallest absolute Gasteiger partial charge is 0.141 e. The molecule has 0 atom stereocenters. The molecule has 0 unspecified atom stereocenters. The van der Waals surface area contributed by atoms with E-state index in [1.165, 1.54) is 13.2 Å². The molecule has 0 aliphatic heterocycles. The Kier molecular flexibility index (Phi) is 4.07. The number of methoxy groups -OCH3 is 1. The van der Waals surface area contributed by atoms with Crippen LogP contribution >= 0.6 is 15.9 Å². The lowest BCUT2D eigenvalue weighted by Crippen LogP contribution is -1.95. The Morgan fingerprint density at radius 1 is 1.57 bits per heavy atom. The van der Waals surface area contributed by atoms with Crippen LogP contribution in [0.1, 0.15) is 12.0 Å². The summed E-state index contributed by atoms with van der Waals surface area (Å²) >= 11 is 3.08. The topological polar surface area (TPSA) is 26.3 Å². The summed E-state index contributed by atoms with van der Waals surface area (Å²) in [4.78, 5) is 10.2. The first-order chi connectivity index (χ1) is 6.69. The summed E-state index contributed by atoms with van der Waals surface area (Å²) < 4.78 is 18.5. The van der Waals surface area contributed by atoms with Crippen LogP contribution in [0.3, 0.4) is 0 Å². The maximum Gasteiger partial charge on any atom is 0.141 e. The Morgan fingerprint density at radius 2 is 2.29 bits per heavy atom. The fraction of sp³-hybridized carbons (Fsp3) is 0.300. The fourth-order valence-corrected chi connectivity index (χ4v) is 1.56. The zero-order valence-electron chi connectivity index (χ0n) is 7.72. The van der Waals surface area contributed by atoms with Crippen molar-refractivity contribution in [2.45, 2.75) is 12.8 Å². The van der Waals surface area contributed by atoms with E-state index in [4.69, 9.17) is 4.74 Å². The minimum Gasteiger partial charge on any atom is -0.496 e. The predicted octanol–water partition coefficient (Wildman–Crippen LogP) is 2.73. The summed E-state index contributed by atoms with van der Waals surface area (Å²) in [7, 11) is 1.48. The molecule has 0 radical (unpaired) electrons. The molecule has 14 heavy (non-hydrogen) atoms. The molecule has 0 aliphatic rings. The number of benzene rings is 1. The Hall–Kier alpha value is -0.900. The van der Waals surface area contributed by atoms with Gasteiger partial charge in [0, 0.05) is 12.5 Å². The lowest BCUT2D eigenvalue weighted by molar-refractivity contribution is -0.107. The average molecular weight is 261 g/mol. The van der Waals surface area contributed by atoms with E-state index in [0.717, 1.165) is 11.8 Å². The van der Waals surface area contributed by atoms with E-state index in [9.17, 15) is 9.18 Å². The molecular weight excluding hydrogens is 251 g/mol. The first kappa shape index (κ1) is 11.2. The summed E-state index contributed by atoms with van der Waals surface area (Å²) in [5, 5.41) is 0. The molecule has 1 aromatic rings. The number of carbonyl (C=O) groups is 1. The number of carbonyl (C=O) groups excluding carboxylic acids is 1. The maximum atomic E-state index is 13.1. The monoisotopic (exact) mass is 260 g/mol. The largest absolute Gasteiger partial charge is 0.496 e. The van der Waals surface area contributed by atoms with E-state index in [-0.39, 0.29) is 5.82 Å². The van der Waals surface area contributed by atoms with E-state index in [1.54, 1.807) is 6.07 Å². The minimum absolute atomic E-state index is 0.364. The summed E-state index contributed by atoms with van der Waals surface area (Å²) in [5.41, 5.74) is 0.827. The zero-order chi connectivity index (χ0) is 10.6. The second-order valence-electron chi connectivity index (χ2n) is 2.78. The summed E-state index contributed by atoms with van der Waals surface area (Å²) in [5.74, 6) is 0.115. The van der Waals surface area contributed by atoms with Gasteiger partial charge in [0.25, 0.3) is 0 Å². The van der Waals surface area contributed by atoms with Gasteiger partial charge in [0.1, 0.15) is 17.9 Å². The molecular formula is C10H10BrFO2. The molecule has 2 nitrogen and oxygen atoms in total. The van der Waals surface area contributed by atoms with Gasteiger partial charge in [-0.1, -0.05) is 0 Å². The van der Waals surface area contributed by atoms with Crippen LogP contribution in [-0.2, 0) is 11.2 Å². The summed E-state index contributed by atoms with van der Waals surface area (Å²) in [6.07, 6.45) is 1.80. The highest BCUT2D eigenvalue weighted by Gasteiger charge is 2.08. The van der Waals surface area contributed by atoms with E-state index >= 15 is 0 Å². The van der Waals surface area contributed by atoms with Gasteiger partial charge >= 0.3 is 0 Å². The van der Waals surface area contributed by atoms with Crippen molar-refractivity contribution in [3.63, 3.8) is 0 Å². The first-order valence-corrected chi connectivity index (χ1v) is 4.94. The molecule has 0 amide bonds. The van der Waals surface area contributed by atoms with E-state index in [1.807, 2.05) is 0 Å².